The number of carbonyl (C=O) groups excluding carboxylic acids is 1. The van der Waals surface area contributed by atoms with E-state index in [2.05, 4.69) is 25.2 Å². The van der Waals surface area contributed by atoms with Crippen molar-refractivity contribution in [1.29, 1.82) is 0 Å². The van der Waals surface area contributed by atoms with Crippen LogP contribution in [-0.4, -0.2) is 64.9 Å². The largest absolute Gasteiger partial charge is 0.379 e. The fourth-order valence-corrected chi connectivity index (χ4v) is 3.07. The van der Waals surface area contributed by atoms with Crippen LogP contribution in [0, 0.1) is 0 Å². The van der Waals surface area contributed by atoms with E-state index < -0.39 is 0 Å². The molecule has 3 heterocycles. The number of hydrogen-bond donors (Lipinski definition) is 1. The number of thioether (sulfide) groups is 1. The molecule has 1 atom stereocenters. The first kappa shape index (κ1) is 17.8. The van der Waals surface area contributed by atoms with Gasteiger partial charge in [-0.3, -0.25) is 14.7 Å². The van der Waals surface area contributed by atoms with Crippen molar-refractivity contribution in [3.63, 3.8) is 0 Å². The molecule has 0 spiro atoms. The summed E-state index contributed by atoms with van der Waals surface area (Å²) in [4.78, 5) is 27.2. The highest BCUT2D eigenvalue weighted by atomic mass is 32.2. The van der Waals surface area contributed by atoms with Gasteiger partial charge in [-0.05, 0) is 17.9 Å². The van der Waals surface area contributed by atoms with Gasteiger partial charge in [0.25, 0.3) is 5.91 Å². The fraction of sp³-hybridized carbons (Fsp3) is 0.412. The summed E-state index contributed by atoms with van der Waals surface area (Å²) < 4.78 is 5.44. The molecule has 1 fully saturated rings. The first-order chi connectivity index (χ1) is 12.3. The second kappa shape index (κ2) is 8.89. The van der Waals surface area contributed by atoms with Gasteiger partial charge in [0, 0.05) is 44.4 Å². The molecule has 0 bridgehead atoms. The predicted octanol–water partition coefficient (Wildman–Crippen LogP) is 1.40. The summed E-state index contributed by atoms with van der Waals surface area (Å²) in [6, 6.07) is 4.02. The quantitative estimate of drug-likeness (QED) is 0.617. The number of ether oxygens (including phenoxy) is 1. The molecule has 1 amide bonds. The number of carbonyl (C=O) groups is 1. The number of nitrogens with one attached hydrogen (secondary N) is 1. The number of nitrogens with zero attached hydrogens (tertiary/aromatic N) is 4. The van der Waals surface area contributed by atoms with Gasteiger partial charge in [-0.2, -0.15) is 0 Å². The minimum Gasteiger partial charge on any atom is -0.379 e. The lowest BCUT2D eigenvalue weighted by Crippen LogP contribution is -2.43. The zero-order valence-corrected chi connectivity index (χ0v) is 14.9. The standard InChI is InChI=1S/C17H21N5O2S/c1-25-17-20-10-14(11-21-17)16(23)19-12-15(13-3-2-4-18-9-13)22-5-7-24-8-6-22/h2-4,9-11,15H,5-8,12H2,1H3,(H,19,23). The number of rotatable bonds is 6. The van der Waals surface area contributed by atoms with Crippen molar-refractivity contribution in [2.24, 2.45) is 0 Å². The number of hydrogen-bond acceptors (Lipinski definition) is 7. The molecule has 1 N–H and O–H groups in total. The first-order valence-corrected chi connectivity index (χ1v) is 9.36. The van der Waals surface area contributed by atoms with Crippen molar-refractivity contribution in [3.8, 4) is 0 Å². The van der Waals surface area contributed by atoms with Gasteiger partial charge < -0.3 is 10.1 Å². The zero-order valence-electron chi connectivity index (χ0n) is 14.1. The molecule has 0 aromatic carbocycles. The topological polar surface area (TPSA) is 80.2 Å². The van der Waals surface area contributed by atoms with Gasteiger partial charge in [-0.15, -0.1) is 0 Å². The molecular formula is C17H21N5O2S. The van der Waals surface area contributed by atoms with Crippen LogP contribution in [0.1, 0.15) is 22.0 Å². The Morgan fingerprint density at radius 2 is 2.08 bits per heavy atom. The van der Waals surface area contributed by atoms with Gasteiger partial charge in [-0.1, -0.05) is 17.8 Å². The minimum absolute atomic E-state index is 0.0629. The number of aromatic nitrogens is 3. The van der Waals surface area contributed by atoms with Crippen LogP contribution < -0.4 is 5.32 Å². The van der Waals surface area contributed by atoms with Crippen molar-refractivity contribution in [1.82, 2.24) is 25.2 Å². The van der Waals surface area contributed by atoms with Crippen molar-refractivity contribution < 1.29 is 9.53 Å². The Bertz CT molecular complexity index is 677. The lowest BCUT2D eigenvalue weighted by atomic mass is 10.1. The van der Waals surface area contributed by atoms with Gasteiger partial charge >= 0.3 is 0 Å². The average molecular weight is 359 g/mol. The Labute approximate surface area is 151 Å². The van der Waals surface area contributed by atoms with Crippen LogP contribution in [0.2, 0.25) is 0 Å². The van der Waals surface area contributed by atoms with E-state index in [-0.39, 0.29) is 11.9 Å². The monoisotopic (exact) mass is 359 g/mol. The smallest absolute Gasteiger partial charge is 0.254 e. The van der Waals surface area contributed by atoms with E-state index >= 15 is 0 Å². The van der Waals surface area contributed by atoms with E-state index in [9.17, 15) is 4.79 Å². The maximum Gasteiger partial charge on any atom is 0.254 e. The molecule has 1 aliphatic rings. The molecule has 0 saturated carbocycles. The average Bonchev–Trinajstić information content (AvgIpc) is 2.70. The first-order valence-electron chi connectivity index (χ1n) is 8.14. The van der Waals surface area contributed by atoms with Gasteiger partial charge in [-0.25, -0.2) is 9.97 Å². The molecule has 0 aliphatic carbocycles. The summed E-state index contributed by atoms with van der Waals surface area (Å²) in [6.07, 6.45) is 8.62. The Kier molecular flexibility index (Phi) is 6.32. The Hall–Kier alpha value is -2.03. The normalized spacial score (nSPS) is 16.4. The Morgan fingerprint density at radius 1 is 1.32 bits per heavy atom. The summed E-state index contributed by atoms with van der Waals surface area (Å²) in [7, 11) is 0. The third kappa shape index (κ3) is 4.75. The van der Waals surface area contributed by atoms with Gasteiger partial charge in [0.2, 0.25) is 0 Å². The van der Waals surface area contributed by atoms with Gasteiger partial charge in [0.05, 0.1) is 24.8 Å². The van der Waals surface area contributed by atoms with Crippen LogP contribution >= 0.6 is 11.8 Å². The maximum atomic E-state index is 12.4. The molecule has 8 heteroatoms. The van der Waals surface area contributed by atoms with Crippen LogP contribution in [0.3, 0.4) is 0 Å². The molecule has 1 aliphatic heterocycles. The summed E-state index contributed by atoms with van der Waals surface area (Å²) >= 11 is 1.44. The highest BCUT2D eigenvalue weighted by molar-refractivity contribution is 7.98. The van der Waals surface area contributed by atoms with E-state index in [0.29, 0.717) is 30.5 Å². The SMILES string of the molecule is CSc1ncc(C(=O)NCC(c2cccnc2)N2CCOCC2)cn1. The summed E-state index contributed by atoms with van der Waals surface area (Å²) in [6.45, 7) is 3.57. The Balaban J connectivity index is 1.68. The molecule has 7 nitrogen and oxygen atoms in total. The number of morpholine rings is 1. The summed E-state index contributed by atoms with van der Waals surface area (Å²) in [5, 5.41) is 3.65. The molecular weight excluding hydrogens is 338 g/mol. The highest BCUT2D eigenvalue weighted by Gasteiger charge is 2.23. The third-order valence-corrected chi connectivity index (χ3v) is 4.66. The van der Waals surface area contributed by atoms with Gasteiger partial charge in [0.15, 0.2) is 5.16 Å². The second-order valence-electron chi connectivity index (χ2n) is 5.62. The van der Waals surface area contributed by atoms with Crippen LogP contribution in [-0.2, 0) is 4.74 Å². The fourth-order valence-electron chi connectivity index (χ4n) is 2.75. The van der Waals surface area contributed by atoms with Crippen LogP contribution in [0.25, 0.3) is 0 Å². The molecule has 2 aromatic rings. The summed E-state index contributed by atoms with van der Waals surface area (Å²) in [5.74, 6) is -0.171. The van der Waals surface area contributed by atoms with Crippen LogP contribution in [0.15, 0.2) is 42.1 Å². The molecule has 25 heavy (non-hydrogen) atoms. The Morgan fingerprint density at radius 3 is 2.72 bits per heavy atom. The van der Waals surface area contributed by atoms with Crippen molar-refractivity contribution in [2.45, 2.75) is 11.2 Å². The minimum atomic E-state index is -0.171. The van der Waals surface area contributed by atoms with Crippen LogP contribution in [0.4, 0.5) is 0 Å². The lowest BCUT2D eigenvalue weighted by Gasteiger charge is -2.34. The zero-order chi connectivity index (χ0) is 17.5. The van der Waals surface area contributed by atoms with E-state index in [4.69, 9.17) is 4.74 Å². The molecule has 3 rings (SSSR count). The van der Waals surface area contributed by atoms with Crippen molar-refractivity contribution in [3.05, 3.63) is 48.0 Å². The van der Waals surface area contributed by atoms with E-state index in [1.54, 1.807) is 18.6 Å². The molecule has 1 saturated heterocycles. The van der Waals surface area contributed by atoms with E-state index in [0.717, 1.165) is 18.7 Å². The molecule has 1 unspecified atom stereocenters. The van der Waals surface area contributed by atoms with Crippen LogP contribution in [0.5, 0.6) is 0 Å². The third-order valence-electron chi connectivity index (χ3n) is 4.08. The molecule has 2 aromatic heterocycles. The van der Waals surface area contributed by atoms with E-state index in [1.165, 1.54) is 11.8 Å². The second-order valence-corrected chi connectivity index (χ2v) is 6.39. The molecule has 0 radical (unpaired) electrons. The molecule has 132 valence electrons. The van der Waals surface area contributed by atoms with Gasteiger partial charge in [0.1, 0.15) is 0 Å². The number of amides is 1. The predicted molar refractivity (Wildman–Crippen MR) is 95.5 cm³/mol. The highest BCUT2D eigenvalue weighted by Crippen LogP contribution is 2.20. The summed E-state index contributed by atoms with van der Waals surface area (Å²) in [5.41, 5.74) is 1.54. The van der Waals surface area contributed by atoms with Crippen molar-refractivity contribution in [2.75, 3.05) is 39.1 Å². The number of pyridine rings is 1. The lowest BCUT2D eigenvalue weighted by molar-refractivity contribution is 0.0161. The van der Waals surface area contributed by atoms with E-state index in [1.807, 2.05) is 24.6 Å². The maximum absolute atomic E-state index is 12.4. The van der Waals surface area contributed by atoms with Crippen molar-refractivity contribution >= 4 is 17.7 Å².